The number of amides is 2. The summed E-state index contributed by atoms with van der Waals surface area (Å²) in [6, 6.07) is 5.66. The molecule has 1 unspecified atom stereocenters. The van der Waals surface area contributed by atoms with E-state index in [1.807, 2.05) is 23.1 Å². The fourth-order valence-electron chi connectivity index (χ4n) is 3.82. The van der Waals surface area contributed by atoms with Gasteiger partial charge in [0.25, 0.3) is 0 Å². The molecule has 1 N–H and O–H groups in total. The van der Waals surface area contributed by atoms with Crippen molar-refractivity contribution in [1.29, 1.82) is 0 Å². The van der Waals surface area contributed by atoms with Crippen LogP contribution in [0.15, 0.2) is 30.7 Å². The van der Waals surface area contributed by atoms with Gasteiger partial charge in [-0.1, -0.05) is 6.07 Å². The maximum absolute atomic E-state index is 12.8. The molecule has 26 heavy (non-hydrogen) atoms. The predicted molar refractivity (Wildman–Crippen MR) is 92.7 cm³/mol. The number of aromatic amines is 1. The van der Waals surface area contributed by atoms with E-state index in [0.717, 1.165) is 24.4 Å². The molecule has 136 valence electrons. The van der Waals surface area contributed by atoms with Gasteiger partial charge in [0.15, 0.2) is 0 Å². The normalized spacial score (nSPS) is 21.4. The van der Waals surface area contributed by atoms with E-state index in [9.17, 15) is 9.59 Å². The largest absolute Gasteiger partial charge is 0.342 e. The van der Waals surface area contributed by atoms with Gasteiger partial charge < -0.3 is 9.80 Å². The summed E-state index contributed by atoms with van der Waals surface area (Å²) in [5, 5.41) is 6.82. The molecule has 2 saturated heterocycles. The summed E-state index contributed by atoms with van der Waals surface area (Å²) in [5.74, 6) is 1.11. The minimum Gasteiger partial charge on any atom is -0.342 e. The van der Waals surface area contributed by atoms with Crippen LogP contribution >= 0.6 is 0 Å². The molecule has 1 atom stereocenters. The van der Waals surface area contributed by atoms with Gasteiger partial charge in [-0.2, -0.15) is 5.10 Å². The van der Waals surface area contributed by atoms with Crippen molar-refractivity contribution in [2.45, 2.75) is 31.7 Å². The van der Waals surface area contributed by atoms with Crippen LogP contribution in [0.1, 0.15) is 36.7 Å². The van der Waals surface area contributed by atoms with Crippen molar-refractivity contribution in [2.75, 3.05) is 19.6 Å². The number of hydrogen-bond donors (Lipinski definition) is 1. The summed E-state index contributed by atoms with van der Waals surface area (Å²) >= 11 is 0. The fraction of sp³-hybridized carbons (Fsp3) is 0.500. The van der Waals surface area contributed by atoms with Gasteiger partial charge in [-0.3, -0.25) is 19.7 Å². The zero-order valence-electron chi connectivity index (χ0n) is 14.5. The van der Waals surface area contributed by atoms with Crippen molar-refractivity contribution in [3.8, 4) is 0 Å². The summed E-state index contributed by atoms with van der Waals surface area (Å²) < 4.78 is 0. The highest BCUT2D eigenvalue weighted by Gasteiger charge is 2.37. The molecule has 2 aliphatic heterocycles. The number of rotatable bonds is 4. The number of pyridine rings is 1. The van der Waals surface area contributed by atoms with Crippen molar-refractivity contribution in [1.82, 2.24) is 30.0 Å². The van der Waals surface area contributed by atoms with Crippen LogP contribution in [0.3, 0.4) is 0 Å². The lowest BCUT2D eigenvalue weighted by molar-refractivity contribution is -0.136. The van der Waals surface area contributed by atoms with Gasteiger partial charge in [-0.05, 0) is 25.0 Å². The second-order valence-corrected chi connectivity index (χ2v) is 6.97. The molecule has 2 aromatic rings. The summed E-state index contributed by atoms with van der Waals surface area (Å²) in [5.41, 5.74) is 0.849. The quantitative estimate of drug-likeness (QED) is 0.882. The molecule has 2 aliphatic rings. The smallest absolute Gasteiger partial charge is 0.227 e. The second-order valence-electron chi connectivity index (χ2n) is 6.97. The first kappa shape index (κ1) is 16.7. The van der Waals surface area contributed by atoms with Crippen molar-refractivity contribution in [3.05, 3.63) is 42.2 Å². The van der Waals surface area contributed by atoms with Crippen LogP contribution in [0.2, 0.25) is 0 Å². The summed E-state index contributed by atoms with van der Waals surface area (Å²) in [6.07, 6.45) is 5.29. The first-order chi connectivity index (χ1) is 12.7. The van der Waals surface area contributed by atoms with E-state index in [1.54, 1.807) is 11.1 Å². The number of aromatic nitrogens is 4. The molecule has 4 heterocycles. The van der Waals surface area contributed by atoms with E-state index in [4.69, 9.17) is 0 Å². The SMILES string of the molecule is O=C1CC(C(=O)N2CCC(c3ncn[nH]3)CC2)CN1Cc1ccccn1. The summed E-state index contributed by atoms with van der Waals surface area (Å²) in [6.45, 7) is 2.36. The van der Waals surface area contributed by atoms with Crippen molar-refractivity contribution >= 4 is 11.8 Å². The van der Waals surface area contributed by atoms with E-state index >= 15 is 0 Å². The number of nitrogens with zero attached hydrogens (tertiary/aromatic N) is 5. The van der Waals surface area contributed by atoms with E-state index in [1.165, 1.54) is 6.33 Å². The average Bonchev–Trinajstić information content (AvgIpc) is 3.33. The third kappa shape index (κ3) is 3.44. The first-order valence-corrected chi connectivity index (χ1v) is 9.02. The zero-order chi connectivity index (χ0) is 17.9. The Balaban J connectivity index is 1.32. The third-order valence-electron chi connectivity index (χ3n) is 5.27. The topological polar surface area (TPSA) is 95.1 Å². The number of likely N-dealkylation sites (tertiary alicyclic amines) is 2. The van der Waals surface area contributed by atoms with E-state index in [2.05, 4.69) is 20.2 Å². The highest BCUT2D eigenvalue weighted by Crippen LogP contribution is 2.28. The predicted octanol–water partition coefficient (Wildman–Crippen LogP) is 0.954. The van der Waals surface area contributed by atoms with E-state index < -0.39 is 0 Å². The maximum Gasteiger partial charge on any atom is 0.227 e. The number of nitrogens with one attached hydrogen (secondary N) is 1. The number of carbonyl (C=O) groups is 2. The molecule has 4 rings (SSSR count). The zero-order valence-corrected chi connectivity index (χ0v) is 14.5. The lowest BCUT2D eigenvalue weighted by atomic mass is 9.95. The lowest BCUT2D eigenvalue weighted by Crippen LogP contribution is -2.42. The molecule has 0 aromatic carbocycles. The molecule has 0 aliphatic carbocycles. The molecule has 0 bridgehead atoms. The van der Waals surface area contributed by atoms with Crippen LogP contribution in [0.4, 0.5) is 0 Å². The molecule has 0 saturated carbocycles. The van der Waals surface area contributed by atoms with Gasteiger partial charge in [0, 0.05) is 38.2 Å². The van der Waals surface area contributed by atoms with Crippen molar-refractivity contribution in [3.63, 3.8) is 0 Å². The van der Waals surface area contributed by atoms with Crippen molar-refractivity contribution in [2.24, 2.45) is 5.92 Å². The van der Waals surface area contributed by atoms with Gasteiger partial charge in [0.2, 0.25) is 11.8 Å². The Labute approximate surface area is 151 Å². The molecule has 0 spiro atoms. The Kier molecular flexibility index (Phi) is 4.64. The first-order valence-electron chi connectivity index (χ1n) is 9.02. The van der Waals surface area contributed by atoms with Crippen LogP contribution in [0, 0.1) is 5.92 Å². The second kappa shape index (κ2) is 7.23. The Morgan fingerprint density at radius 1 is 1.23 bits per heavy atom. The molecular formula is C18H22N6O2. The Hall–Kier alpha value is -2.77. The molecule has 0 radical (unpaired) electrons. The molecular weight excluding hydrogens is 332 g/mol. The van der Waals surface area contributed by atoms with Gasteiger partial charge in [-0.15, -0.1) is 0 Å². The van der Waals surface area contributed by atoms with Crippen LogP contribution in [0.25, 0.3) is 0 Å². The van der Waals surface area contributed by atoms with Gasteiger partial charge >= 0.3 is 0 Å². The van der Waals surface area contributed by atoms with E-state index in [-0.39, 0.29) is 17.7 Å². The molecule has 2 amide bonds. The van der Waals surface area contributed by atoms with Crippen LogP contribution in [0.5, 0.6) is 0 Å². The van der Waals surface area contributed by atoms with Gasteiger partial charge in [0.05, 0.1) is 18.2 Å². The average molecular weight is 354 g/mol. The number of hydrogen-bond acceptors (Lipinski definition) is 5. The highest BCUT2D eigenvalue weighted by molar-refractivity contribution is 5.89. The number of carbonyl (C=O) groups excluding carboxylic acids is 2. The highest BCUT2D eigenvalue weighted by atomic mass is 16.2. The Morgan fingerprint density at radius 3 is 2.77 bits per heavy atom. The van der Waals surface area contributed by atoms with Crippen LogP contribution < -0.4 is 0 Å². The molecule has 8 heteroatoms. The van der Waals surface area contributed by atoms with Gasteiger partial charge in [-0.25, -0.2) is 4.98 Å². The van der Waals surface area contributed by atoms with Crippen molar-refractivity contribution < 1.29 is 9.59 Å². The third-order valence-corrected chi connectivity index (χ3v) is 5.27. The monoisotopic (exact) mass is 354 g/mol. The van der Waals surface area contributed by atoms with Crippen LogP contribution in [-0.4, -0.2) is 61.4 Å². The molecule has 8 nitrogen and oxygen atoms in total. The van der Waals surface area contributed by atoms with Crippen LogP contribution in [-0.2, 0) is 16.1 Å². The van der Waals surface area contributed by atoms with E-state index in [0.29, 0.717) is 38.5 Å². The summed E-state index contributed by atoms with van der Waals surface area (Å²) in [4.78, 5) is 37.3. The maximum atomic E-state index is 12.8. The fourth-order valence-corrected chi connectivity index (χ4v) is 3.82. The van der Waals surface area contributed by atoms with Gasteiger partial charge in [0.1, 0.15) is 12.2 Å². The Bertz CT molecular complexity index is 755. The Morgan fingerprint density at radius 2 is 2.08 bits per heavy atom. The standard InChI is InChI=1S/C18H22N6O2/c25-16-9-14(10-24(16)11-15-3-1-2-6-19-15)18(26)23-7-4-13(5-8-23)17-20-12-21-22-17/h1-3,6,12-14H,4-5,7-11H2,(H,20,21,22). The lowest BCUT2D eigenvalue weighted by Gasteiger charge is -2.32. The molecule has 2 fully saturated rings. The number of H-pyrrole nitrogens is 1. The minimum atomic E-state index is -0.243. The molecule has 2 aromatic heterocycles. The summed E-state index contributed by atoms with van der Waals surface area (Å²) in [7, 11) is 0. The minimum absolute atomic E-state index is 0.0329. The number of piperidine rings is 1.